The fourth-order valence-corrected chi connectivity index (χ4v) is 2.86. The van der Waals surface area contributed by atoms with Crippen LogP contribution in [0.2, 0.25) is 0 Å². The average molecular weight is 362 g/mol. The van der Waals surface area contributed by atoms with Gasteiger partial charge in [0.1, 0.15) is 6.04 Å². The van der Waals surface area contributed by atoms with Gasteiger partial charge in [-0.3, -0.25) is 14.3 Å². The molecule has 0 aliphatic heterocycles. The SMILES string of the molecule is CN(Cc1cnn(C)c1)C(=O)C(NC(=O)c1ccccc1)c1ccccc1. The summed E-state index contributed by atoms with van der Waals surface area (Å²) in [5.41, 5.74) is 2.18. The number of likely N-dealkylation sites (N-methyl/N-ethyl adjacent to an activating group) is 1. The number of amides is 2. The lowest BCUT2D eigenvalue weighted by atomic mass is 10.0. The van der Waals surface area contributed by atoms with Crippen LogP contribution in [0.4, 0.5) is 0 Å². The van der Waals surface area contributed by atoms with Crippen molar-refractivity contribution >= 4 is 11.8 Å². The van der Waals surface area contributed by atoms with Crippen LogP contribution < -0.4 is 5.32 Å². The predicted molar refractivity (Wildman–Crippen MR) is 103 cm³/mol. The number of nitrogens with zero attached hydrogens (tertiary/aromatic N) is 3. The number of hydrogen-bond donors (Lipinski definition) is 1. The van der Waals surface area contributed by atoms with Crippen LogP contribution in [0.1, 0.15) is 27.5 Å². The second kappa shape index (κ2) is 8.31. The lowest BCUT2D eigenvalue weighted by molar-refractivity contribution is -0.132. The van der Waals surface area contributed by atoms with Gasteiger partial charge in [-0.15, -0.1) is 0 Å². The summed E-state index contributed by atoms with van der Waals surface area (Å²) < 4.78 is 1.69. The third kappa shape index (κ3) is 4.61. The van der Waals surface area contributed by atoms with E-state index in [4.69, 9.17) is 0 Å². The van der Waals surface area contributed by atoms with E-state index in [0.717, 1.165) is 11.1 Å². The molecule has 1 aromatic heterocycles. The molecule has 138 valence electrons. The standard InChI is InChI=1S/C21H22N4O2/c1-24(14-16-13-22-25(2)15-16)21(27)19(17-9-5-3-6-10-17)23-20(26)18-11-7-4-8-12-18/h3-13,15,19H,14H2,1-2H3,(H,23,26). The summed E-state index contributed by atoms with van der Waals surface area (Å²) in [6.07, 6.45) is 3.59. The number of benzene rings is 2. The Morgan fingerprint density at radius 1 is 1.07 bits per heavy atom. The molecule has 0 aliphatic carbocycles. The Labute approximate surface area is 158 Å². The third-order valence-electron chi connectivity index (χ3n) is 4.25. The number of rotatable bonds is 6. The second-order valence-electron chi connectivity index (χ2n) is 6.40. The number of nitrogens with one attached hydrogen (secondary N) is 1. The predicted octanol–water partition coefficient (Wildman–Crippen LogP) is 2.55. The summed E-state index contributed by atoms with van der Waals surface area (Å²) in [7, 11) is 3.55. The first-order valence-electron chi connectivity index (χ1n) is 8.68. The Hall–Kier alpha value is -3.41. The van der Waals surface area contributed by atoms with Crippen LogP contribution in [0.3, 0.4) is 0 Å². The summed E-state index contributed by atoms with van der Waals surface area (Å²) in [4.78, 5) is 27.3. The van der Waals surface area contributed by atoms with Crippen LogP contribution in [0.5, 0.6) is 0 Å². The Morgan fingerprint density at radius 3 is 2.30 bits per heavy atom. The van der Waals surface area contributed by atoms with E-state index >= 15 is 0 Å². The van der Waals surface area contributed by atoms with Crippen molar-refractivity contribution in [3.63, 3.8) is 0 Å². The van der Waals surface area contributed by atoms with Gasteiger partial charge in [0.05, 0.1) is 6.20 Å². The molecule has 27 heavy (non-hydrogen) atoms. The number of aromatic nitrogens is 2. The molecule has 0 fully saturated rings. The van der Waals surface area contributed by atoms with Gasteiger partial charge >= 0.3 is 0 Å². The lowest BCUT2D eigenvalue weighted by Crippen LogP contribution is -2.41. The van der Waals surface area contributed by atoms with Gasteiger partial charge in [0, 0.05) is 38.0 Å². The van der Waals surface area contributed by atoms with Gasteiger partial charge in [-0.1, -0.05) is 48.5 Å². The average Bonchev–Trinajstić information content (AvgIpc) is 3.11. The van der Waals surface area contributed by atoms with E-state index in [9.17, 15) is 9.59 Å². The molecule has 0 aliphatic rings. The van der Waals surface area contributed by atoms with Crippen LogP contribution in [-0.4, -0.2) is 33.5 Å². The number of carbonyl (C=O) groups excluding carboxylic acids is 2. The lowest BCUT2D eigenvalue weighted by Gasteiger charge is -2.24. The third-order valence-corrected chi connectivity index (χ3v) is 4.25. The molecule has 6 nitrogen and oxygen atoms in total. The van der Waals surface area contributed by atoms with Gasteiger partial charge in [0.2, 0.25) is 5.91 Å². The molecule has 2 amide bonds. The van der Waals surface area contributed by atoms with Crippen molar-refractivity contribution in [3.05, 3.63) is 89.7 Å². The Bertz CT molecular complexity index is 906. The largest absolute Gasteiger partial charge is 0.339 e. The van der Waals surface area contributed by atoms with Crippen LogP contribution in [0.25, 0.3) is 0 Å². The molecule has 6 heteroatoms. The smallest absolute Gasteiger partial charge is 0.252 e. The monoisotopic (exact) mass is 362 g/mol. The minimum atomic E-state index is -0.763. The zero-order chi connectivity index (χ0) is 19.2. The van der Waals surface area contributed by atoms with Crippen LogP contribution in [0, 0.1) is 0 Å². The fraction of sp³-hybridized carbons (Fsp3) is 0.190. The molecule has 1 heterocycles. The summed E-state index contributed by atoms with van der Waals surface area (Å²) in [5, 5.41) is 7.00. The van der Waals surface area contributed by atoms with Crippen molar-refractivity contribution in [2.45, 2.75) is 12.6 Å². The second-order valence-corrected chi connectivity index (χ2v) is 6.40. The summed E-state index contributed by atoms with van der Waals surface area (Å²) >= 11 is 0. The van der Waals surface area contributed by atoms with E-state index in [1.54, 1.807) is 47.1 Å². The molecule has 0 spiro atoms. The molecule has 1 N–H and O–H groups in total. The van der Waals surface area contributed by atoms with E-state index < -0.39 is 6.04 Å². The van der Waals surface area contributed by atoms with Gasteiger partial charge in [-0.2, -0.15) is 5.10 Å². The molecular weight excluding hydrogens is 340 g/mol. The Morgan fingerprint density at radius 2 is 1.70 bits per heavy atom. The van der Waals surface area contributed by atoms with Crippen molar-refractivity contribution in [2.24, 2.45) is 7.05 Å². The maximum Gasteiger partial charge on any atom is 0.252 e. The first-order valence-corrected chi connectivity index (χ1v) is 8.68. The zero-order valence-electron chi connectivity index (χ0n) is 15.4. The molecule has 2 aromatic carbocycles. The molecule has 3 rings (SSSR count). The zero-order valence-corrected chi connectivity index (χ0v) is 15.4. The van der Waals surface area contributed by atoms with Gasteiger partial charge < -0.3 is 10.2 Å². The highest BCUT2D eigenvalue weighted by Crippen LogP contribution is 2.17. The van der Waals surface area contributed by atoms with Crippen molar-refractivity contribution in [1.29, 1.82) is 0 Å². The van der Waals surface area contributed by atoms with E-state index in [1.165, 1.54) is 0 Å². The normalized spacial score (nSPS) is 11.6. The van der Waals surface area contributed by atoms with Crippen LogP contribution in [0.15, 0.2) is 73.1 Å². The number of hydrogen-bond acceptors (Lipinski definition) is 3. The first kappa shape index (κ1) is 18.4. The minimum Gasteiger partial charge on any atom is -0.339 e. The summed E-state index contributed by atoms with van der Waals surface area (Å²) in [6, 6.07) is 17.4. The highest BCUT2D eigenvalue weighted by Gasteiger charge is 2.26. The Kier molecular flexibility index (Phi) is 5.66. The highest BCUT2D eigenvalue weighted by atomic mass is 16.2. The van der Waals surface area contributed by atoms with Gasteiger partial charge in [-0.25, -0.2) is 0 Å². The summed E-state index contributed by atoms with van der Waals surface area (Å²) in [6.45, 7) is 0.414. The highest BCUT2D eigenvalue weighted by molar-refractivity contribution is 5.97. The molecule has 0 saturated carbocycles. The van der Waals surface area contributed by atoms with Crippen molar-refractivity contribution in [1.82, 2.24) is 20.0 Å². The quantitative estimate of drug-likeness (QED) is 0.733. The van der Waals surface area contributed by atoms with Crippen molar-refractivity contribution < 1.29 is 9.59 Å². The van der Waals surface area contributed by atoms with Crippen LogP contribution >= 0.6 is 0 Å². The maximum absolute atomic E-state index is 13.1. The molecule has 0 saturated heterocycles. The van der Waals surface area contributed by atoms with Gasteiger partial charge in [0.25, 0.3) is 5.91 Å². The van der Waals surface area contributed by atoms with E-state index in [2.05, 4.69) is 10.4 Å². The topological polar surface area (TPSA) is 67.2 Å². The molecule has 1 atom stereocenters. The van der Waals surface area contributed by atoms with E-state index in [0.29, 0.717) is 12.1 Å². The number of aryl methyl sites for hydroxylation is 1. The van der Waals surface area contributed by atoms with Crippen LogP contribution in [-0.2, 0) is 18.4 Å². The Balaban J connectivity index is 1.81. The maximum atomic E-state index is 13.1. The fourth-order valence-electron chi connectivity index (χ4n) is 2.86. The van der Waals surface area contributed by atoms with Crippen molar-refractivity contribution in [3.8, 4) is 0 Å². The van der Waals surface area contributed by atoms with Gasteiger partial charge in [-0.05, 0) is 17.7 Å². The molecule has 0 bridgehead atoms. The minimum absolute atomic E-state index is 0.186. The molecule has 3 aromatic rings. The van der Waals surface area contributed by atoms with Gasteiger partial charge in [0.15, 0.2) is 0 Å². The van der Waals surface area contributed by atoms with E-state index in [-0.39, 0.29) is 11.8 Å². The molecular formula is C21H22N4O2. The van der Waals surface area contributed by atoms with Crippen molar-refractivity contribution in [2.75, 3.05) is 7.05 Å². The molecule has 0 radical (unpaired) electrons. The molecule has 1 unspecified atom stereocenters. The number of carbonyl (C=O) groups is 2. The summed E-state index contributed by atoms with van der Waals surface area (Å²) in [5.74, 6) is -0.470. The first-order chi connectivity index (χ1) is 13.0. The van der Waals surface area contributed by atoms with E-state index in [1.807, 2.05) is 49.6 Å².